The van der Waals surface area contributed by atoms with Crippen LogP contribution in [0.4, 0.5) is 14.6 Å². The topological polar surface area (TPSA) is 56.7 Å². The smallest absolute Gasteiger partial charge is 0.132 e. The molecule has 2 N–H and O–H groups in total. The average Bonchev–Trinajstić information content (AvgIpc) is 2.91. The van der Waals surface area contributed by atoms with E-state index in [-0.39, 0.29) is 12.1 Å². The standard InChI is InChI=1S/C15H12F2N4/c16-11-3-4-13(17)10(6-11)8-21-9-19-7-14(21)12-2-1-5-20-15(12)18/h1-7,9H,8H2,(H2,18,20). The number of anilines is 1. The van der Waals surface area contributed by atoms with Gasteiger partial charge in [0.25, 0.3) is 0 Å². The molecule has 2 aromatic heterocycles. The van der Waals surface area contributed by atoms with Gasteiger partial charge in [-0.3, -0.25) is 0 Å². The van der Waals surface area contributed by atoms with Gasteiger partial charge in [0, 0.05) is 17.3 Å². The third-order valence-electron chi connectivity index (χ3n) is 3.18. The SMILES string of the molecule is Nc1ncccc1-c1cncn1Cc1cc(F)ccc1F. The summed E-state index contributed by atoms with van der Waals surface area (Å²) in [4.78, 5) is 8.07. The van der Waals surface area contributed by atoms with Crippen LogP contribution in [0.25, 0.3) is 11.3 Å². The normalized spacial score (nSPS) is 10.8. The lowest BCUT2D eigenvalue weighted by Gasteiger charge is -2.10. The lowest BCUT2D eigenvalue weighted by atomic mass is 10.1. The Bertz CT molecular complexity index is 783. The zero-order chi connectivity index (χ0) is 14.8. The van der Waals surface area contributed by atoms with Crippen molar-refractivity contribution in [2.75, 3.05) is 5.73 Å². The molecule has 3 rings (SSSR count). The van der Waals surface area contributed by atoms with Gasteiger partial charge in [0.05, 0.1) is 24.8 Å². The van der Waals surface area contributed by atoms with E-state index in [0.717, 1.165) is 12.1 Å². The van der Waals surface area contributed by atoms with E-state index >= 15 is 0 Å². The van der Waals surface area contributed by atoms with Crippen molar-refractivity contribution < 1.29 is 8.78 Å². The fourth-order valence-corrected chi connectivity index (χ4v) is 2.15. The van der Waals surface area contributed by atoms with Crippen molar-refractivity contribution in [1.29, 1.82) is 0 Å². The summed E-state index contributed by atoms with van der Waals surface area (Å²) in [7, 11) is 0. The molecule has 0 fully saturated rings. The van der Waals surface area contributed by atoms with Crippen molar-refractivity contribution in [2.45, 2.75) is 6.54 Å². The number of benzene rings is 1. The number of hydrogen-bond acceptors (Lipinski definition) is 3. The van der Waals surface area contributed by atoms with Crippen molar-refractivity contribution >= 4 is 5.82 Å². The number of rotatable bonds is 3. The van der Waals surface area contributed by atoms with E-state index in [0.29, 0.717) is 17.1 Å². The second-order valence-electron chi connectivity index (χ2n) is 4.58. The zero-order valence-corrected chi connectivity index (χ0v) is 11.0. The van der Waals surface area contributed by atoms with Crippen LogP contribution in [-0.4, -0.2) is 14.5 Å². The van der Waals surface area contributed by atoms with Crippen LogP contribution in [0.2, 0.25) is 0 Å². The fraction of sp³-hybridized carbons (Fsp3) is 0.0667. The summed E-state index contributed by atoms with van der Waals surface area (Å²) in [5.74, 6) is -0.580. The zero-order valence-electron chi connectivity index (χ0n) is 11.0. The van der Waals surface area contributed by atoms with E-state index in [4.69, 9.17) is 5.73 Å². The molecule has 0 saturated carbocycles. The Morgan fingerprint density at radius 3 is 2.86 bits per heavy atom. The summed E-state index contributed by atoms with van der Waals surface area (Å²) >= 11 is 0. The summed E-state index contributed by atoms with van der Waals surface area (Å²) in [5, 5.41) is 0. The molecule has 21 heavy (non-hydrogen) atoms. The van der Waals surface area contributed by atoms with Crippen molar-refractivity contribution in [3.05, 3.63) is 66.3 Å². The lowest BCUT2D eigenvalue weighted by molar-refractivity contribution is 0.577. The molecule has 0 radical (unpaired) electrons. The van der Waals surface area contributed by atoms with Gasteiger partial charge in [0.2, 0.25) is 0 Å². The maximum absolute atomic E-state index is 13.7. The number of halogens is 2. The van der Waals surface area contributed by atoms with Gasteiger partial charge in [-0.15, -0.1) is 0 Å². The molecule has 1 aromatic carbocycles. The van der Waals surface area contributed by atoms with Crippen LogP contribution >= 0.6 is 0 Å². The van der Waals surface area contributed by atoms with E-state index < -0.39 is 11.6 Å². The first kappa shape index (κ1) is 13.2. The molecule has 6 heteroatoms. The van der Waals surface area contributed by atoms with Crippen LogP contribution in [0.3, 0.4) is 0 Å². The number of imidazole rings is 1. The van der Waals surface area contributed by atoms with Gasteiger partial charge in [0.15, 0.2) is 0 Å². The largest absolute Gasteiger partial charge is 0.383 e. The Balaban J connectivity index is 2.00. The molecule has 0 unspecified atom stereocenters. The first-order valence-electron chi connectivity index (χ1n) is 6.30. The van der Waals surface area contributed by atoms with Crippen LogP contribution in [-0.2, 0) is 6.54 Å². The van der Waals surface area contributed by atoms with Crippen molar-refractivity contribution in [3.63, 3.8) is 0 Å². The highest BCUT2D eigenvalue weighted by Crippen LogP contribution is 2.24. The molecule has 2 heterocycles. The van der Waals surface area contributed by atoms with Gasteiger partial charge in [-0.05, 0) is 30.3 Å². The molecular weight excluding hydrogens is 274 g/mol. The summed E-state index contributed by atoms with van der Waals surface area (Å²) in [5.41, 5.74) is 7.49. The first-order chi connectivity index (χ1) is 10.1. The van der Waals surface area contributed by atoms with Gasteiger partial charge >= 0.3 is 0 Å². The Morgan fingerprint density at radius 2 is 2.05 bits per heavy atom. The highest BCUT2D eigenvalue weighted by Gasteiger charge is 2.11. The maximum atomic E-state index is 13.7. The number of pyridine rings is 1. The minimum absolute atomic E-state index is 0.160. The van der Waals surface area contributed by atoms with E-state index in [1.807, 2.05) is 0 Å². The number of hydrogen-bond donors (Lipinski definition) is 1. The van der Waals surface area contributed by atoms with Crippen LogP contribution in [0.5, 0.6) is 0 Å². The van der Waals surface area contributed by atoms with Crippen molar-refractivity contribution in [3.8, 4) is 11.3 Å². The van der Waals surface area contributed by atoms with E-state index in [2.05, 4.69) is 9.97 Å². The number of nitrogens with two attached hydrogens (primary N) is 1. The van der Waals surface area contributed by atoms with Crippen molar-refractivity contribution in [2.24, 2.45) is 0 Å². The third-order valence-corrected chi connectivity index (χ3v) is 3.18. The second kappa shape index (κ2) is 5.32. The Hall–Kier alpha value is -2.76. The number of nitrogen functional groups attached to an aromatic ring is 1. The van der Waals surface area contributed by atoms with Gasteiger partial charge in [-0.1, -0.05) is 0 Å². The van der Waals surface area contributed by atoms with Gasteiger partial charge in [0.1, 0.15) is 17.5 Å². The van der Waals surface area contributed by atoms with E-state index in [1.54, 1.807) is 35.4 Å². The predicted octanol–water partition coefficient (Wildman–Crippen LogP) is 2.85. The molecule has 0 atom stereocenters. The van der Waals surface area contributed by atoms with E-state index in [1.165, 1.54) is 6.07 Å². The molecule has 0 bridgehead atoms. The molecular formula is C15H12F2N4. The minimum atomic E-state index is -0.478. The quantitative estimate of drug-likeness (QED) is 0.805. The summed E-state index contributed by atoms with van der Waals surface area (Å²) in [6, 6.07) is 6.93. The summed E-state index contributed by atoms with van der Waals surface area (Å²) in [6.45, 7) is 0.160. The molecule has 3 aromatic rings. The molecule has 0 aliphatic rings. The van der Waals surface area contributed by atoms with Crippen LogP contribution < -0.4 is 5.73 Å². The van der Waals surface area contributed by atoms with Gasteiger partial charge in [-0.25, -0.2) is 18.7 Å². The molecule has 0 aliphatic heterocycles. The number of aromatic nitrogens is 3. The van der Waals surface area contributed by atoms with Crippen molar-refractivity contribution in [1.82, 2.24) is 14.5 Å². The first-order valence-corrected chi connectivity index (χ1v) is 6.30. The molecule has 0 amide bonds. The fourth-order valence-electron chi connectivity index (χ4n) is 2.15. The summed E-state index contributed by atoms with van der Waals surface area (Å²) < 4.78 is 28.7. The predicted molar refractivity (Wildman–Crippen MR) is 75.3 cm³/mol. The number of nitrogens with zero attached hydrogens (tertiary/aromatic N) is 3. The summed E-state index contributed by atoms with van der Waals surface area (Å²) in [6.07, 6.45) is 4.75. The van der Waals surface area contributed by atoms with Gasteiger partial charge < -0.3 is 10.3 Å². The lowest BCUT2D eigenvalue weighted by Crippen LogP contribution is -2.04. The highest BCUT2D eigenvalue weighted by molar-refractivity contribution is 5.70. The molecule has 0 saturated heterocycles. The Morgan fingerprint density at radius 1 is 1.19 bits per heavy atom. The van der Waals surface area contributed by atoms with E-state index in [9.17, 15) is 8.78 Å². The van der Waals surface area contributed by atoms with Crippen LogP contribution in [0.1, 0.15) is 5.56 Å². The average molecular weight is 286 g/mol. The molecule has 106 valence electrons. The Kier molecular flexibility index (Phi) is 3.35. The Labute approximate surface area is 119 Å². The third kappa shape index (κ3) is 2.60. The van der Waals surface area contributed by atoms with Crippen LogP contribution in [0.15, 0.2) is 49.1 Å². The van der Waals surface area contributed by atoms with Gasteiger partial charge in [-0.2, -0.15) is 0 Å². The van der Waals surface area contributed by atoms with Crippen LogP contribution in [0, 0.1) is 11.6 Å². The highest BCUT2D eigenvalue weighted by atomic mass is 19.1. The second-order valence-corrected chi connectivity index (χ2v) is 4.58. The minimum Gasteiger partial charge on any atom is -0.383 e. The monoisotopic (exact) mass is 286 g/mol. The molecule has 4 nitrogen and oxygen atoms in total. The molecule has 0 spiro atoms. The molecule has 0 aliphatic carbocycles. The maximum Gasteiger partial charge on any atom is 0.132 e.